The van der Waals surface area contributed by atoms with E-state index in [1.165, 1.54) is 30.8 Å². The average Bonchev–Trinajstić information content (AvgIpc) is 3.26. The minimum atomic E-state index is 0.141. The van der Waals surface area contributed by atoms with Gasteiger partial charge < -0.3 is 14.4 Å². The molecule has 1 saturated heterocycles. The lowest BCUT2D eigenvalue weighted by Crippen LogP contribution is -2.45. The van der Waals surface area contributed by atoms with Crippen LogP contribution < -0.4 is 0 Å². The van der Waals surface area contributed by atoms with E-state index in [0.717, 1.165) is 38.4 Å². The Balaban J connectivity index is 1.64. The Morgan fingerprint density at radius 1 is 1.32 bits per heavy atom. The fourth-order valence-electron chi connectivity index (χ4n) is 3.43. The maximum Gasteiger partial charge on any atom is 0.319 e. The van der Waals surface area contributed by atoms with Gasteiger partial charge in [0.1, 0.15) is 5.82 Å². The third kappa shape index (κ3) is 3.45. The predicted octanol–water partition coefficient (Wildman–Crippen LogP) is 2.54. The minimum Gasteiger partial charge on any atom is -0.332 e. The van der Waals surface area contributed by atoms with Crippen LogP contribution in [0.3, 0.4) is 0 Å². The first kappa shape index (κ1) is 15.4. The quantitative estimate of drug-likeness (QED) is 0.858. The number of carbonyl (C=O) groups excluding carboxylic acids is 1. The standard InChI is InChI=1S/C17H28N4O/c1-13-10-18-16(21(13)12-14-6-7-14)9-15-5-4-8-20(11-15)17(22)19(2)3/h10,14-15H,4-9,11-12H2,1-3H3. The number of hydrogen-bond donors (Lipinski definition) is 0. The zero-order valence-corrected chi connectivity index (χ0v) is 14.1. The molecule has 2 aliphatic rings. The molecule has 5 nitrogen and oxygen atoms in total. The van der Waals surface area contributed by atoms with Gasteiger partial charge in [-0.2, -0.15) is 0 Å². The molecule has 2 amide bonds. The van der Waals surface area contributed by atoms with E-state index < -0.39 is 0 Å². The minimum absolute atomic E-state index is 0.141. The van der Waals surface area contributed by atoms with Crippen molar-refractivity contribution in [3.05, 3.63) is 17.7 Å². The van der Waals surface area contributed by atoms with Crippen LogP contribution in [0.15, 0.2) is 6.20 Å². The van der Waals surface area contributed by atoms with E-state index in [9.17, 15) is 4.79 Å². The number of likely N-dealkylation sites (tertiary alicyclic amines) is 1. The molecule has 1 atom stereocenters. The first-order chi connectivity index (χ1) is 10.5. The first-order valence-electron chi connectivity index (χ1n) is 8.52. The Morgan fingerprint density at radius 3 is 2.77 bits per heavy atom. The molecule has 5 heteroatoms. The lowest BCUT2D eigenvalue weighted by atomic mass is 9.94. The summed E-state index contributed by atoms with van der Waals surface area (Å²) in [6, 6.07) is 0.141. The van der Waals surface area contributed by atoms with Gasteiger partial charge in [0.15, 0.2) is 0 Å². The number of urea groups is 1. The van der Waals surface area contributed by atoms with Crippen molar-refractivity contribution < 1.29 is 4.79 Å². The number of aryl methyl sites for hydroxylation is 1. The molecular weight excluding hydrogens is 276 g/mol. The summed E-state index contributed by atoms with van der Waals surface area (Å²) in [4.78, 5) is 20.5. The Bertz CT molecular complexity index is 533. The average molecular weight is 304 g/mol. The van der Waals surface area contributed by atoms with Gasteiger partial charge in [0.2, 0.25) is 0 Å². The van der Waals surface area contributed by atoms with Crippen molar-refractivity contribution in [2.45, 2.75) is 45.6 Å². The van der Waals surface area contributed by atoms with E-state index >= 15 is 0 Å². The summed E-state index contributed by atoms with van der Waals surface area (Å²) in [5.41, 5.74) is 1.28. The Morgan fingerprint density at radius 2 is 2.09 bits per heavy atom. The van der Waals surface area contributed by atoms with Crippen molar-refractivity contribution in [1.29, 1.82) is 0 Å². The second-order valence-electron chi connectivity index (χ2n) is 7.21. The Labute approximate surface area is 133 Å². The Kier molecular flexibility index (Phi) is 4.41. The third-order valence-electron chi connectivity index (χ3n) is 4.92. The zero-order valence-electron chi connectivity index (χ0n) is 14.1. The van der Waals surface area contributed by atoms with Gasteiger partial charge in [-0.05, 0) is 44.4 Å². The number of piperidine rings is 1. The van der Waals surface area contributed by atoms with Crippen molar-refractivity contribution in [3.63, 3.8) is 0 Å². The second-order valence-corrected chi connectivity index (χ2v) is 7.21. The SMILES string of the molecule is Cc1cnc(CC2CCCN(C(=O)N(C)C)C2)n1CC1CC1. The monoisotopic (exact) mass is 304 g/mol. The van der Waals surface area contributed by atoms with Crippen LogP contribution in [-0.4, -0.2) is 52.6 Å². The van der Waals surface area contributed by atoms with Crippen LogP contribution in [0.5, 0.6) is 0 Å². The summed E-state index contributed by atoms with van der Waals surface area (Å²) in [5, 5.41) is 0. The second kappa shape index (κ2) is 6.31. The van der Waals surface area contributed by atoms with Crippen LogP contribution in [0.25, 0.3) is 0 Å². The van der Waals surface area contributed by atoms with Crippen LogP contribution >= 0.6 is 0 Å². The molecular formula is C17H28N4O. The summed E-state index contributed by atoms with van der Waals surface area (Å²) in [6.45, 7) is 5.05. The van der Waals surface area contributed by atoms with E-state index in [-0.39, 0.29) is 6.03 Å². The summed E-state index contributed by atoms with van der Waals surface area (Å²) in [6.07, 6.45) is 8.04. The van der Waals surface area contributed by atoms with Gasteiger partial charge in [0.25, 0.3) is 0 Å². The topological polar surface area (TPSA) is 41.4 Å². The van der Waals surface area contributed by atoms with E-state index in [0.29, 0.717) is 5.92 Å². The highest BCUT2D eigenvalue weighted by Gasteiger charge is 2.27. The number of carbonyl (C=O) groups is 1. The number of rotatable bonds is 4. The highest BCUT2D eigenvalue weighted by atomic mass is 16.2. The van der Waals surface area contributed by atoms with Gasteiger partial charge in [-0.25, -0.2) is 9.78 Å². The van der Waals surface area contributed by atoms with Crippen LogP contribution in [-0.2, 0) is 13.0 Å². The largest absolute Gasteiger partial charge is 0.332 e. The molecule has 0 bridgehead atoms. The van der Waals surface area contributed by atoms with Crippen molar-refractivity contribution >= 4 is 6.03 Å². The van der Waals surface area contributed by atoms with Crippen LogP contribution in [0.1, 0.15) is 37.2 Å². The zero-order chi connectivity index (χ0) is 15.7. The van der Waals surface area contributed by atoms with Gasteiger partial charge in [-0.3, -0.25) is 0 Å². The summed E-state index contributed by atoms with van der Waals surface area (Å²) in [5.74, 6) is 2.62. The van der Waals surface area contributed by atoms with Gasteiger partial charge in [0, 0.05) is 52.0 Å². The van der Waals surface area contributed by atoms with Crippen LogP contribution in [0, 0.1) is 18.8 Å². The number of hydrogen-bond acceptors (Lipinski definition) is 2. The summed E-state index contributed by atoms with van der Waals surface area (Å²) >= 11 is 0. The fourth-order valence-corrected chi connectivity index (χ4v) is 3.43. The lowest BCUT2D eigenvalue weighted by molar-refractivity contribution is 0.142. The number of aromatic nitrogens is 2. The van der Waals surface area contributed by atoms with Gasteiger partial charge in [0.05, 0.1) is 0 Å². The number of amides is 2. The van der Waals surface area contributed by atoms with Crippen molar-refractivity contribution in [2.75, 3.05) is 27.2 Å². The fraction of sp³-hybridized carbons (Fsp3) is 0.765. The molecule has 122 valence electrons. The van der Waals surface area contributed by atoms with Crippen molar-refractivity contribution in [3.8, 4) is 0 Å². The van der Waals surface area contributed by atoms with E-state index in [1.807, 2.05) is 25.2 Å². The smallest absolute Gasteiger partial charge is 0.319 e. The molecule has 0 N–H and O–H groups in total. The number of nitrogens with zero attached hydrogens (tertiary/aromatic N) is 4. The third-order valence-corrected chi connectivity index (χ3v) is 4.92. The van der Waals surface area contributed by atoms with E-state index in [1.54, 1.807) is 4.90 Å². The summed E-state index contributed by atoms with van der Waals surface area (Å²) < 4.78 is 2.41. The molecule has 1 aromatic heterocycles. The van der Waals surface area contributed by atoms with E-state index in [4.69, 9.17) is 0 Å². The van der Waals surface area contributed by atoms with Gasteiger partial charge >= 0.3 is 6.03 Å². The molecule has 1 unspecified atom stereocenters. The molecule has 22 heavy (non-hydrogen) atoms. The Hall–Kier alpha value is -1.52. The predicted molar refractivity (Wildman–Crippen MR) is 86.8 cm³/mol. The molecule has 0 aromatic carbocycles. The van der Waals surface area contributed by atoms with Gasteiger partial charge in [-0.1, -0.05) is 0 Å². The molecule has 1 aliphatic carbocycles. The molecule has 2 heterocycles. The van der Waals surface area contributed by atoms with Crippen molar-refractivity contribution in [1.82, 2.24) is 19.4 Å². The highest BCUT2D eigenvalue weighted by Crippen LogP contribution is 2.32. The molecule has 1 aromatic rings. The maximum absolute atomic E-state index is 12.2. The normalized spacial score (nSPS) is 22.0. The summed E-state index contributed by atoms with van der Waals surface area (Å²) in [7, 11) is 3.66. The molecule has 1 aliphatic heterocycles. The first-order valence-corrected chi connectivity index (χ1v) is 8.52. The lowest BCUT2D eigenvalue weighted by Gasteiger charge is -2.34. The molecule has 1 saturated carbocycles. The highest BCUT2D eigenvalue weighted by molar-refractivity contribution is 5.73. The van der Waals surface area contributed by atoms with Crippen LogP contribution in [0.4, 0.5) is 4.79 Å². The molecule has 2 fully saturated rings. The van der Waals surface area contributed by atoms with Crippen LogP contribution in [0.2, 0.25) is 0 Å². The van der Waals surface area contributed by atoms with Gasteiger partial charge in [-0.15, -0.1) is 0 Å². The van der Waals surface area contributed by atoms with E-state index in [2.05, 4.69) is 16.5 Å². The van der Waals surface area contributed by atoms with Crippen molar-refractivity contribution in [2.24, 2.45) is 11.8 Å². The molecule has 0 radical (unpaired) electrons. The maximum atomic E-state index is 12.2. The molecule has 3 rings (SSSR count). The number of imidazole rings is 1. The molecule has 0 spiro atoms.